The van der Waals surface area contributed by atoms with Crippen molar-refractivity contribution in [1.29, 1.82) is 0 Å². The number of thioether (sulfide) groups is 1. The first-order chi connectivity index (χ1) is 11.2. The van der Waals surface area contributed by atoms with E-state index >= 15 is 0 Å². The van der Waals surface area contributed by atoms with Gasteiger partial charge in [-0.3, -0.25) is 19.5 Å². The van der Waals surface area contributed by atoms with Gasteiger partial charge in [0.15, 0.2) is 5.16 Å². The van der Waals surface area contributed by atoms with E-state index in [-0.39, 0.29) is 16.5 Å². The Balaban J connectivity index is 1.93. The Bertz CT molecular complexity index is 831. The fourth-order valence-corrected chi connectivity index (χ4v) is 3.20. The Hall–Kier alpha value is -2.08. The van der Waals surface area contributed by atoms with Gasteiger partial charge in [0.1, 0.15) is 11.4 Å². The van der Waals surface area contributed by atoms with Crippen LogP contribution in [0.4, 0.5) is 18.0 Å². The van der Waals surface area contributed by atoms with Crippen LogP contribution in [0.25, 0.3) is 10.2 Å². The summed E-state index contributed by atoms with van der Waals surface area (Å²) in [4.78, 5) is 39.5. The molecule has 24 heavy (non-hydrogen) atoms. The minimum absolute atomic E-state index is 0.265. The zero-order chi connectivity index (χ0) is 17.9. The number of imide groups is 1. The molecule has 2 N–H and O–H groups in total. The average molecular weight is 380 g/mol. The first-order valence-corrected chi connectivity index (χ1v) is 8.25. The second-order valence-corrected chi connectivity index (χ2v) is 6.37. The highest BCUT2D eigenvalue weighted by molar-refractivity contribution is 7.99. The quantitative estimate of drug-likeness (QED) is 0.619. The minimum atomic E-state index is -4.56. The van der Waals surface area contributed by atoms with Crippen LogP contribution in [0.2, 0.25) is 0 Å². The molecule has 0 unspecified atom stereocenters. The summed E-state index contributed by atoms with van der Waals surface area (Å²) in [5.41, 5.74) is -0.271. The standard InChI is InChI=1S/C12H11F3N4O3S2/c1-19-9(21)6-2-3-23-8(6)18-11(19)24-4-7(20)17-10(22)16-5-12(13,14)15/h2-3H,4-5H2,1H3,(H2,16,17,20,22). The van der Waals surface area contributed by atoms with Gasteiger partial charge in [0.05, 0.1) is 11.1 Å². The Morgan fingerprint density at radius 1 is 1.42 bits per heavy atom. The van der Waals surface area contributed by atoms with Crippen LogP contribution in [0.1, 0.15) is 0 Å². The molecule has 2 heterocycles. The van der Waals surface area contributed by atoms with E-state index in [9.17, 15) is 27.6 Å². The third-order valence-electron chi connectivity index (χ3n) is 2.70. The molecule has 2 aromatic heterocycles. The van der Waals surface area contributed by atoms with Crippen LogP contribution in [0.15, 0.2) is 21.4 Å². The molecule has 130 valence electrons. The number of amides is 3. The maximum atomic E-state index is 12.1. The van der Waals surface area contributed by atoms with E-state index in [0.717, 1.165) is 11.8 Å². The van der Waals surface area contributed by atoms with Gasteiger partial charge in [-0.05, 0) is 11.4 Å². The fraction of sp³-hybridized carbons (Fsp3) is 0.333. The van der Waals surface area contributed by atoms with Crippen molar-refractivity contribution in [3.8, 4) is 0 Å². The summed E-state index contributed by atoms with van der Waals surface area (Å²) < 4.78 is 37.1. The predicted octanol–water partition coefficient (Wildman–Crippen LogP) is 1.48. The van der Waals surface area contributed by atoms with E-state index in [1.165, 1.54) is 28.3 Å². The maximum absolute atomic E-state index is 12.1. The SMILES string of the molecule is Cn1c(SCC(=O)NC(=O)NCC(F)(F)F)nc2sccc2c1=O. The van der Waals surface area contributed by atoms with Crippen LogP contribution in [-0.2, 0) is 11.8 Å². The molecule has 0 fully saturated rings. The second-order valence-electron chi connectivity index (χ2n) is 4.53. The number of nitrogens with one attached hydrogen (secondary N) is 2. The third kappa shape index (κ3) is 4.71. The molecule has 0 saturated carbocycles. The summed E-state index contributed by atoms with van der Waals surface area (Å²) in [6.45, 7) is -1.54. The monoisotopic (exact) mass is 380 g/mol. The normalized spacial score (nSPS) is 11.5. The van der Waals surface area contributed by atoms with Gasteiger partial charge in [0.25, 0.3) is 5.56 Å². The summed E-state index contributed by atoms with van der Waals surface area (Å²) in [5, 5.41) is 5.72. The molecule has 0 aromatic carbocycles. The largest absolute Gasteiger partial charge is 0.405 e. The number of aromatic nitrogens is 2. The summed E-state index contributed by atoms with van der Waals surface area (Å²) in [7, 11) is 1.49. The van der Waals surface area contributed by atoms with E-state index in [4.69, 9.17) is 0 Å². The van der Waals surface area contributed by atoms with Gasteiger partial charge in [0, 0.05) is 7.05 Å². The molecule has 0 atom stereocenters. The number of halogens is 3. The molecule has 3 amide bonds. The highest BCUT2D eigenvalue weighted by Gasteiger charge is 2.28. The molecule has 0 spiro atoms. The van der Waals surface area contributed by atoms with Crippen molar-refractivity contribution in [2.75, 3.05) is 12.3 Å². The summed E-state index contributed by atoms with van der Waals surface area (Å²) in [6.07, 6.45) is -4.56. The Kier molecular flexibility index (Phi) is 5.49. The van der Waals surface area contributed by atoms with Crippen molar-refractivity contribution in [2.45, 2.75) is 11.3 Å². The molecule has 2 aromatic rings. The van der Waals surface area contributed by atoms with Crippen molar-refractivity contribution in [1.82, 2.24) is 20.2 Å². The first kappa shape index (κ1) is 18.3. The maximum Gasteiger partial charge on any atom is 0.405 e. The van der Waals surface area contributed by atoms with E-state index in [0.29, 0.717) is 10.2 Å². The lowest BCUT2D eigenvalue weighted by Crippen LogP contribution is -2.44. The van der Waals surface area contributed by atoms with E-state index in [1.807, 2.05) is 0 Å². The van der Waals surface area contributed by atoms with Gasteiger partial charge in [-0.25, -0.2) is 9.78 Å². The van der Waals surface area contributed by atoms with Gasteiger partial charge in [0.2, 0.25) is 5.91 Å². The molecule has 0 bridgehead atoms. The summed E-state index contributed by atoms with van der Waals surface area (Å²) in [6, 6.07) is 0.398. The summed E-state index contributed by atoms with van der Waals surface area (Å²) in [5.74, 6) is -1.09. The van der Waals surface area contributed by atoms with Gasteiger partial charge < -0.3 is 5.32 Å². The second kappa shape index (κ2) is 7.21. The van der Waals surface area contributed by atoms with Crippen LogP contribution >= 0.6 is 23.1 Å². The smallest absolute Gasteiger partial charge is 0.329 e. The molecule has 0 radical (unpaired) electrons. The highest BCUT2D eigenvalue weighted by atomic mass is 32.2. The van der Waals surface area contributed by atoms with E-state index in [1.54, 1.807) is 16.8 Å². The number of thiophene rings is 1. The van der Waals surface area contributed by atoms with Gasteiger partial charge in [-0.15, -0.1) is 11.3 Å². The third-order valence-corrected chi connectivity index (χ3v) is 4.54. The molecule has 0 aliphatic rings. The molecular weight excluding hydrogens is 369 g/mol. The Labute approximate surface area is 141 Å². The van der Waals surface area contributed by atoms with Gasteiger partial charge in [-0.1, -0.05) is 11.8 Å². The van der Waals surface area contributed by atoms with Crippen LogP contribution < -0.4 is 16.2 Å². The number of alkyl halides is 3. The lowest BCUT2D eigenvalue weighted by Gasteiger charge is -2.09. The van der Waals surface area contributed by atoms with Crippen molar-refractivity contribution < 1.29 is 22.8 Å². The lowest BCUT2D eigenvalue weighted by atomic mass is 10.4. The van der Waals surface area contributed by atoms with Crippen molar-refractivity contribution in [2.24, 2.45) is 7.05 Å². The van der Waals surface area contributed by atoms with Crippen LogP contribution in [0.3, 0.4) is 0 Å². The van der Waals surface area contributed by atoms with Crippen LogP contribution in [-0.4, -0.2) is 40.0 Å². The molecular formula is C12H11F3N4O3S2. The number of fused-ring (bicyclic) bond motifs is 1. The molecule has 7 nitrogen and oxygen atoms in total. The fourth-order valence-electron chi connectivity index (χ4n) is 1.63. The van der Waals surface area contributed by atoms with E-state index in [2.05, 4.69) is 4.98 Å². The molecule has 0 aliphatic carbocycles. The van der Waals surface area contributed by atoms with Crippen LogP contribution in [0.5, 0.6) is 0 Å². The predicted molar refractivity (Wildman–Crippen MR) is 83.2 cm³/mol. The number of urea groups is 1. The Morgan fingerprint density at radius 2 is 2.12 bits per heavy atom. The number of hydrogen-bond donors (Lipinski definition) is 2. The van der Waals surface area contributed by atoms with Crippen molar-refractivity contribution in [3.05, 3.63) is 21.8 Å². The number of carbonyl (C=O) groups is 2. The number of rotatable bonds is 4. The summed E-state index contributed by atoms with van der Waals surface area (Å²) >= 11 is 2.17. The minimum Gasteiger partial charge on any atom is -0.329 e. The van der Waals surface area contributed by atoms with Gasteiger partial charge in [-0.2, -0.15) is 13.2 Å². The first-order valence-electron chi connectivity index (χ1n) is 6.39. The number of nitrogens with zero attached hydrogens (tertiary/aromatic N) is 2. The van der Waals surface area contributed by atoms with Crippen LogP contribution in [0, 0.1) is 0 Å². The highest BCUT2D eigenvalue weighted by Crippen LogP contribution is 2.20. The number of carbonyl (C=O) groups excluding carboxylic acids is 2. The molecule has 0 saturated heterocycles. The zero-order valence-electron chi connectivity index (χ0n) is 12.1. The van der Waals surface area contributed by atoms with Gasteiger partial charge >= 0.3 is 12.2 Å². The Morgan fingerprint density at radius 3 is 2.79 bits per heavy atom. The number of hydrogen-bond acceptors (Lipinski definition) is 6. The average Bonchev–Trinajstić information content (AvgIpc) is 2.95. The molecule has 12 heteroatoms. The molecule has 0 aliphatic heterocycles. The van der Waals surface area contributed by atoms with Crippen molar-refractivity contribution in [3.63, 3.8) is 0 Å². The molecule has 2 rings (SSSR count). The van der Waals surface area contributed by atoms with E-state index < -0.39 is 24.7 Å². The topological polar surface area (TPSA) is 93.1 Å². The lowest BCUT2D eigenvalue weighted by molar-refractivity contribution is -0.124. The van der Waals surface area contributed by atoms with Crippen molar-refractivity contribution >= 4 is 45.3 Å². The zero-order valence-corrected chi connectivity index (χ0v) is 13.8.